The third-order valence-electron chi connectivity index (χ3n) is 4.64. The minimum absolute atomic E-state index is 0.257. The lowest BCUT2D eigenvalue weighted by Crippen LogP contribution is -2.45. The van der Waals surface area contributed by atoms with Gasteiger partial charge < -0.3 is 15.7 Å². The third kappa shape index (κ3) is 4.71. The van der Waals surface area contributed by atoms with Crippen molar-refractivity contribution in [1.29, 1.82) is 10.5 Å². The van der Waals surface area contributed by atoms with Gasteiger partial charge in [0.05, 0.1) is 29.8 Å². The van der Waals surface area contributed by atoms with Gasteiger partial charge in [0, 0.05) is 13.0 Å². The molecule has 6 heteroatoms. The molecule has 1 aliphatic rings. The Morgan fingerprint density at radius 1 is 1.15 bits per heavy atom. The van der Waals surface area contributed by atoms with E-state index in [0.717, 1.165) is 16.7 Å². The number of nitrogens with one attached hydrogen (secondary N) is 2. The first-order valence-electron chi connectivity index (χ1n) is 8.80. The molecule has 2 aromatic carbocycles. The molecule has 0 spiro atoms. The number of nitrogens with zero attached hydrogens (tertiary/aromatic N) is 2. The fraction of sp³-hybridized carbons (Fsp3) is 0.286. The number of hydrogen-bond acceptors (Lipinski definition) is 5. The first kappa shape index (κ1) is 18.6. The molecule has 6 nitrogen and oxygen atoms in total. The summed E-state index contributed by atoms with van der Waals surface area (Å²) in [6.07, 6.45) is 0.255. The fourth-order valence-electron chi connectivity index (χ4n) is 3.12. The van der Waals surface area contributed by atoms with Crippen LogP contribution >= 0.6 is 0 Å². The second-order valence-corrected chi connectivity index (χ2v) is 6.63. The Kier molecular flexibility index (Phi) is 5.83. The average Bonchev–Trinajstić information content (AvgIpc) is 3.14. The maximum Gasteiger partial charge on any atom is 0.238 e. The van der Waals surface area contributed by atoms with E-state index >= 15 is 0 Å². The summed E-state index contributed by atoms with van der Waals surface area (Å²) in [4.78, 5) is 12.2. The van der Waals surface area contributed by atoms with Gasteiger partial charge in [-0.3, -0.25) is 4.79 Å². The number of aliphatic hydroxyl groups excluding tert-OH is 1. The van der Waals surface area contributed by atoms with Gasteiger partial charge in [-0.2, -0.15) is 10.5 Å². The van der Waals surface area contributed by atoms with Crippen molar-refractivity contribution in [2.45, 2.75) is 31.0 Å². The van der Waals surface area contributed by atoms with Crippen molar-refractivity contribution in [3.05, 3.63) is 59.7 Å². The Balaban J connectivity index is 1.61. The summed E-state index contributed by atoms with van der Waals surface area (Å²) in [6, 6.07) is 18.3. The van der Waals surface area contributed by atoms with Gasteiger partial charge in [-0.25, -0.2) is 0 Å². The van der Waals surface area contributed by atoms with Crippen molar-refractivity contribution >= 4 is 5.91 Å². The van der Waals surface area contributed by atoms with Crippen LogP contribution in [0.2, 0.25) is 0 Å². The summed E-state index contributed by atoms with van der Waals surface area (Å²) < 4.78 is 0. The van der Waals surface area contributed by atoms with E-state index in [4.69, 9.17) is 5.26 Å². The van der Waals surface area contributed by atoms with E-state index in [1.165, 1.54) is 0 Å². The minimum Gasteiger partial charge on any atom is -0.392 e. The molecule has 1 saturated heterocycles. The Morgan fingerprint density at radius 2 is 1.78 bits per heavy atom. The van der Waals surface area contributed by atoms with Crippen molar-refractivity contribution < 1.29 is 9.90 Å². The lowest BCUT2D eigenvalue weighted by Gasteiger charge is -2.15. The maximum atomic E-state index is 12.2. The van der Waals surface area contributed by atoms with E-state index in [0.29, 0.717) is 24.9 Å². The monoisotopic (exact) mass is 360 g/mol. The molecule has 0 aromatic heterocycles. The van der Waals surface area contributed by atoms with Crippen molar-refractivity contribution in [3.8, 4) is 23.3 Å². The summed E-state index contributed by atoms with van der Waals surface area (Å²) in [6.45, 7) is 0.395. The standard InChI is InChI=1S/C21H20N4O2/c22-11-15-3-7-17(8-4-15)16-5-1-14(2-6-16)9-18(12-23)25-21(27)20-10-19(26)13-24-20/h1-8,18-20,24,26H,9-10,13H2,(H,25,27). The summed E-state index contributed by atoms with van der Waals surface area (Å²) in [5, 5.41) is 33.4. The van der Waals surface area contributed by atoms with E-state index in [2.05, 4.69) is 22.8 Å². The number of benzene rings is 2. The largest absolute Gasteiger partial charge is 0.392 e. The highest BCUT2D eigenvalue weighted by Gasteiger charge is 2.29. The van der Waals surface area contributed by atoms with E-state index in [-0.39, 0.29) is 5.91 Å². The predicted molar refractivity (Wildman–Crippen MR) is 100 cm³/mol. The highest BCUT2D eigenvalue weighted by atomic mass is 16.3. The van der Waals surface area contributed by atoms with Crippen molar-refractivity contribution in [3.63, 3.8) is 0 Å². The lowest BCUT2D eigenvalue weighted by atomic mass is 10.00. The number of β-amino-alcohol motifs (C(OH)–C–C–N with tert-alkyl or cyclic N) is 1. The number of aliphatic hydroxyl groups is 1. The average molecular weight is 360 g/mol. The SMILES string of the molecule is N#Cc1ccc(-c2ccc(CC(C#N)NC(=O)C3CC(O)CN3)cc2)cc1. The zero-order valence-electron chi connectivity index (χ0n) is 14.7. The first-order valence-corrected chi connectivity index (χ1v) is 8.80. The molecule has 1 heterocycles. The van der Waals surface area contributed by atoms with Crippen molar-refractivity contribution in [2.24, 2.45) is 0 Å². The number of carbonyl (C=O) groups excluding carboxylic acids is 1. The van der Waals surface area contributed by atoms with Crippen LogP contribution in [0.4, 0.5) is 0 Å². The van der Waals surface area contributed by atoms with Crippen LogP contribution < -0.4 is 10.6 Å². The highest BCUT2D eigenvalue weighted by Crippen LogP contribution is 2.20. The molecule has 1 amide bonds. The Bertz CT molecular complexity index is 878. The molecule has 3 unspecified atom stereocenters. The number of hydrogen-bond donors (Lipinski definition) is 3. The predicted octanol–water partition coefficient (Wildman–Crippen LogP) is 1.50. The van der Waals surface area contributed by atoms with Gasteiger partial charge >= 0.3 is 0 Å². The van der Waals surface area contributed by atoms with Gasteiger partial charge in [-0.15, -0.1) is 0 Å². The summed E-state index contributed by atoms with van der Waals surface area (Å²) in [5.41, 5.74) is 3.59. The molecule has 1 fully saturated rings. The molecule has 2 aromatic rings. The van der Waals surface area contributed by atoms with Crippen molar-refractivity contribution in [2.75, 3.05) is 6.54 Å². The molecule has 136 valence electrons. The Labute approximate surface area is 158 Å². The molecule has 3 atom stereocenters. The number of nitriles is 2. The normalized spacial score (nSPS) is 19.7. The maximum absolute atomic E-state index is 12.2. The molecular weight excluding hydrogens is 340 g/mol. The van der Waals surface area contributed by atoms with Crippen LogP contribution in [0.5, 0.6) is 0 Å². The fourth-order valence-corrected chi connectivity index (χ4v) is 3.12. The smallest absolute Gasteiger partial charge is 0.238 e. The molecule has 3 rings (SSSR count). The zero-order chi connectivity index (χ0) is 19.2. The topological polar surface area (TPSA) is 109 Å². The number of rotatable bonds is 5. The van der Waals surface area contributed by atoms with Crippen LogP contribution in [0.1, 0.15) is 17.5 Å². The first-order chi connectivity index (χ1) is 13.1. The molecule has 27 heavy (non-hydrogen) atoms. The van der Waals surface area contributed by atoms with E-state index in [1.54, 1.807) is 12.1 Å². The van der Waals surface area contributed by atoms with Crippen LogP contribution in [0.15, 0.2) is 48.5 Å². The molecule has 0 bridgehead atoms. The van der Waals surface area contributed by atoms with Crippen LogP contribution in [0, 0.1) is 22.7 Å². The second-order valence-electron chi connectivity index (χ2n) is 6.63. The van der Waals surface area contributed by atoms with Crippen molar-refractivity contribution in [1.82, 2.24) is 10.6 Å². The van der Waals surface area contributed by atoms with Crippen LogP contribution in [0.3, 0.4) is 0 Å². The molecule has 1 aliphatic heterocycles. The quantitative estimate of drug-likeness (QED) is 0.749. The summed E-state index contributed by atoms with van der Waals surface area (Å²) in [7, 11) is 0. The number of amides is 1. The summed E-state index contributed by atoms with van der Waals surface area (Å²) in [5.74, 6) is -0.257. The Morgan fingerprint density at radius 3 is 2.30 bits per heavy atom. The lowest BCUT2D eigenvalue weighted by molar-refractivity contribution is -0.123. The molecule has 0 radical (unpaired) electrons. The molecular formula is C21H20N4O2. The van der Waals surface area contributed by atoms with Gasteiger partial charge in [-0.05, 0) is 35.2 Å². The van der Waals surface area contributed by atoms with E-state index in [9.17, 15) is 15.2 Å². The second kappa shape index (κ2) is 8.46. The Hall–Kier alpha value is -3.19. The van der Waals surface area contributed by atoms with Gasteiger partial charge in [0.1, 0.15) is 6.04 Å². The van der Waals surface area contributed by atoms with E-state index in [1.807, 2.05) is 36.4 Å². The van der Waals surface area contributed by atoms with E-state index < -0.39 is 18.2 Å². The third-order valence-corrected chi connectivity index (χ3v) is 4.64. The van der Waals surface area contributed by atoms with Crippen LogP contribution in [-0.4, -0.2) is 35.7 Å². The zero-order valence-corrected chi connectivity index (χ0v) is 14.7. The number of carbonyl (C=O) groups is 1. The summed E-state index contributed by atoms with van der Waals surface area (Å²) >= 11 is 0. The molecule has 0 aliphatic carbocycles. The van der Waals surface area contributed by atoms with Crippen LogP contribution in [-0.2, 0) is 11.2 Å². The van der Waals surface area contributed by atoms with Gasteiger partial charge in [0.25, 0.3) is 0 Å². The van der Waals surface area contributed by atoms with Gasteiger partial charge in [-0.1, -0.05) is 36.4 Å². The van der Waals surface area contributed by atoms with Gasteiger partial charge in [0.2, 0.25) is 5.91 Å². The minimum atomic E-state index is -0.627. The molecule has 0 saturated carbocycles. The molecule has 3 N–H and O–H groups in total. The van der Waals surface area contributed by atoms with Crippen LogP contribution in [0.25, 0.3) is 11.1 Å². The highest BCUT2D eigenvalue weighted by molar-refractivity contribution is 5.82. The van der Waals surface area contributed by atoms with Gasteiger partial charge in [0.15, 0.2) is 0 Å².